The minimum Gasteiger partial charge on any atom is -0.495 e. The van der Waals surface area contributed by atoms with Gasteiger partial charge >= 0.3 is 0 Å². The highest BCUT2D eigenvalue weighted by Gasteiger charge is 2.16. The van der Waals surface area contributed by atoms with Crippen LogP contribution in [-0.2, 0) is 0 Å². The van der Waals surface area contributed by atoms with Crippen molar-refractivity contribution >= 4 is 38.4 Å². The molecule has 4 nitrogen and oxygen atoms in total. The van der Waals surface area contributed by atoms with E-state index in [1.54, 1.807) is 7.11 Å². The molecule has 1 amide bonds. The summed E-state index contributed by atoms with van der Waals surface area (Å²) in [5, 5.41) is 3.80. The third kappa shape index (κ3) is 4.00. The Bertz CT molecular complexity index is 1220. The van der Waals surface area contributed by atoms with Crippen molar-refractivity contribution in [3.05, 3.63) is 88.4 Å². The van der Waals surface area contributed by atoms with Gasteiger partial charge < -0.3 is 10.1 Å². The normalized spacial score (nSPS) is 10.7. The lowest BCUT2D eigenvalue weighted by Gasteiger charge is -2.13. The number of nitrogens with one attached hydrogen (secondary N) is 1. The molecular weight excluding hydrogens is 428 g/mol. The first-order valence-electron chi connectivity index (χ1n) is 9.17. The van der Waals surface area contributed by atoms with Gasteiger partial charge in [0.25, 0.3) is 5.91 Å². The van der Waals surface area contributed by atoms with Gasteiger partial charge in [-0.25, -0.2) is 4.98 Å². The lowest BCUT2D eigenvalue weighted by molar-refractivity contribution is 0.102. The number of methoxy groups -OCH3 is 1. The average molecular weight is 447 g/mol. The van der Waals surface area contributed by atoms with Crippen LogP contribution in [0.2, 0.25) is 0 Å². The van der Waals surface area contributed by atoms with Gasteiger partial charge in [-0.1, -0.05) is 52.3 Å². The lowest BCUT2D eigenvalue weighted by atomic mass is 10.0. The number of hydrogen-bond donors (Lipinski definition) is 1. The van der Waals surface area contributed by atoms with Crippen LogP contribution in [0.1, 0.15) is 15.9 Å². The summed E-state index contributed by atoms with van der Waals surface area (Å²) in [6.07, 6.45) is 0. The number of aryl methyl sites for hydroxylation is 1. The van der Waals surface area contributed by atoms with Crippen molar-refractivity contribution in [3.63, 3.8) is 0 Å². The number of hydrogen-bond acceptors (Lipinski definition) is 3. The van der Waals surface area contributed by atoms with Gasteiger partial charge in [0.05, 0.1) is 29.6 Å². The molecule has 1 aromatic heterocycles. The van der Waals surface area contributed by atoms with Crippen LogP contribution in [-0.4, -0.2) is 18.0 Å². The van der Waals surface area contributed by atoms with Crippen LogP contribution >= 0.6 is 15.9 Å². The van der Waals surface area contributed by atoms with Gasteiger partial charge in [-0.2, -0.15) is 0 Å². The standard InChI is InChI=1S/C24H19BrN2O2/c1-15-10-11-23(29-2)22(12-15)27-24(28)19-14-21(16-6-5-7-17(25)13-16)26-20-9-4-3-8-18(19)20/h3-14H,1-2H3,(H,27,28). The van der Waals surface area contributed by atoms with E-state index in [0.717, 1.165) is 32.2 Å². The van der Waals surface area contributed by atoms with Gasteiger partial charge in [0.15, 0.2) is 0 Å². The summed E-state index contributed by atoms with van der Waals surface area (Å²) in [6, 6.07) is 23.1. The molecule has 4 rings (SSSR count). The van der Waals surface area contributed by atoms with Crippen molar-refractivity contribution in [2.75, 3.05) is 12.4 Å². The second-order valence-corrected chi connectivity index (χ2v) is 7.66. The van der Waals surface area contributed by atoms with Crippen molar-refractivity contribution in [1.82, 2.24) is 4.98 Å². The third-order valence-corrected chi connectivity index (χ3v) is 5.18. The highest BCUT2D eigenvalue weighted by atomic mass is 79.9. The zero-order valence-corrected chi connectivity index (χ0v) is 17.7. The van der Waals surface area contributed by atoms with Gasteiger partial charge in [-0.05, 0) is 48.9 Å². The molecule has 0 bridgehead atoms. The number of benzene rings is 3. The number of aromatic nitrogens is 1. The molecule has 0 aliphatic heterocycles. The molecule has 1 N–H and O–H groups in total. The molecule has 0 unspecified atom stereocenters. The first-order chi connectivity index (χ1) is 14.0. The van der Waals surface area contributed by atoms with Crippen molar-refractivity contribution in [2.24, 2.45) is 0 Å². The van der Waals surface area contributed by atoms with Gasteiger partial charge in [0.2, 0.25) is 0 Å². The molecule has 1 heterocycles. The van der Waals surface area contributed by atoms with Gasteiger partial charge in [0.1, 0.15) is 5.75 Å². The fourth-order valence-corrected chi connectivity index (χ4v) is 3.67. The van der Waals surface area contributed by atoms with E-state index in [0.29, 0.717) is 17.0 Å². The summed E-state index contributed by atoms with van der Waals surface area (Å²) < 4.78 is 6.36. The first kappa shape index (κ1) is 19.2. The number of amides is 1. The van der Waals surface area contributed by atoms with Gasteiger partial charge in [-0.15, -0.1) is 0 Å². The minimum absolute atomic E-state index is 0.205. The Morgan fingerprint density at radius 1 is 1.00 bits per heavy atom. The van der Waals surface area contributed by atoms with Crippen molar-refractivity contribution in [3.8, 4) is 17.0 Å². The maximum atomic E-state index is 13.3. The molecule has 4 aromatic rings. The smallest absolute Gasteiger partial charge is 0.256 e. The summed E-state index contributed by atoms with van der Waals surface area (Å²) in [4.78, 5) is 18.0. The number of nitrogens with zero attached hydrogens (tertiary/aromatic N) is 1. The molecular formula is C24H19BrN2O2. The predicted molar refractivity (Wildman–Crippen MR) is 121 cm³/mol. The summed E-state index contributed by atoms with van der Waals surface area (Å²) in [5.74, 6) is 0.415. The summed E-state index contributed by atoms with van der Waals surface area (Å²) in [5.41, 5.74) is 4.69. The fourth-order valence-electron chi connectivity index (χ4n) is 3.27. The van der Waals surface area contributed by atoms with Crippen molar-refractivity contribution in [1.29, 1.82) is 0 Å². The maximum Gasteiger partial charge on any atom is 0.256 e. The number of fused-ring (bicyclic) bond motifs is 1. The molecule has 3 aromatic carbocycles. The number of carbonyl (C=O) groups excluding carboxylic acids is 1. The van der Waals surface area contributed by atoms with Crippen molar-refractivity contribution in [2.45, 2.75) is 6.92 Å². The molecule has 0 fully saturated rings. The number of para-hydroxylation sites is 1. The SMILES string of the molecule is COc1ccc(C)cc1NC(=O)c1cc(-c2cccc(Br)c2)nc2ccccc12. The molecule has 0 saturated heterocycles. The summed E-state index contributed by atoms with van der Waals surface area (Å²) in [6.45, 7) is 1.97. The Kier molecular flexibility index (Phi) is 5.32. The largest absolute Gasteiger partial charge is 0.495 e. The Balaban J connectivity index is 1.82. The van der Waals surface area contributed by atoms with Gasteiger partial charge in [-0.3, -0.25) is 4.79 Å². The van der Waals surface area contributed by atoms with Crippen molar-refractivity contribution < 1.29 is 9.53 Å². The molecule has 0 spiro atoms. The number of ether oxygens (including phenoxy) is 1. The maximum absolute atomic E-state index is 13.3. The Labute approximate surface area is 177 Å². The molecule has 0 saturated carbocycles. The van der Waals surface area contributed by atoms with Crippen LogP contribution in [0.5, 0.6) is 5.75 Å². The topological polar surface area (TPSA) is 51.2 Å². The van der Waals surface area contributed by atoms with E-state index in [2.05, 4.69) is 21.2 Å². The first-order valence-corrected chi connectivity index (χ1v) is 9.96. The van der Waals surface area contributed by atoms with Crippen LogP contribution in [0.15, 0.2) is 77.3 Å². The monoisotopic (exact) mass is 446 g/mol. The van der Waals surface area contributed by atoms with E-state index in [-0.39, 0.29) is 5.91 Å². The fraction of sp³-hybridized carbons (Fsp3) is 0.0833. The van der Waals surface area contributed by atoms with E-state index in [1.807, 2.05) is 79.7 Å². The van der Waals surface area contributed by atoms with Crippen LogP contribution in [0.25, 0.3) is 22.2 Å². The second-order valence-electron chi connectivity index (χ2n) is 6.74. The Morgan fingerprint density at radius 3 is 2.62 bits per heavy atom. The highest BCUT2D eigenvalue weighted by Crippen LogP contribution is 2.29. The number of rotatable bonds is 4. The van der Waals surface area contributed by atoms with Crippen LogP contribution in [0, 0.1) is 6.92 Å². The Hall–Kier alpha value is -3.18. The quantitative estimate of drug-likeness (QED) is 0.403. The molecule has 29 heavy (non-hydrogen) atoms. The number of pyridine rings is 1. The molecule has 0 radical (unpaired) electrons. The zero-order chi connectivity index (χ0) is 20.4. The molecule has 0 aliphatic carbocycles. The minimum atomic E-state index is -0.205. The highest BCUT2D eigenvalue weighted by molar-refractivity contribution is 9.10. The summed E-state index contributed by atoms with van der Waals surface area (Å²) >= 11 is 3.50. The predicted octanol–water partition coefficient (Wildman–Crippen LogP) is 6.23. The Morgan fingerprint density at radius 2 is 1.83 bits per heavy atom. The zero-order valence-electron chi connectivity index (χ0n) is 16.1. The number of carbonyl (C=O) groups is 1. The van der Waals surface area contributed by atoms with E-state index in [4.69, 9.17) is 9.72 Å². The molecule has 5 heteroatoms. The summed E-state index contributed by atoms with van der Waals surface area (Å²) in [7, 11) is 1.59. The van der Waals surface area contributed by atoms with E-state index in [1.165, 1.54) is 0 Å². The molecule has 0 atom stereocenters. The van der Waals surface area contributed by atoms with Gasteiger partial charge in [0, 0.05) is 15.4 Å². The second kappa shape index (κ2) is 8.05. The lowest BCUT2D eigenvalue weighted by Crippen LogP contribution is -2.14. The number of anilines is 1. The molecule has 144 valence electrons. The number of halogens is 1. The van der Waals surface area contributed by atoms with E-state index >= 15 is 0 Å². The average Bonchev–Trinajstić information content (AvgIpc) is 2.73. The molecule has 0 aliphatic rings. The van der Waals surface area contributed by atoms with Crippen LogP contribution in [0.4, 0.5) is 5.69 Å². The van der Waals surface area contributed by atoms with Crippen LogP contribution in [0.3, 0.4) is 0 Å². The van der Waals surface area contributed by atoms with E-state index in [9.17, 15) is 4.79 Å². The van der Waals surface area contributed by atoms with E-state index < -0.39 is 0 Å². The third-order valence-electron chi connectivity index (χ3n) is 4.68. The van der Waals surface area contributed by atoms with Crippen LogP contribution < -0.4 is 10.1 Å².